The van der Waals surface area contributed by atoms with Gasteiger partial charge in [-0.25, -0.2) is 4.79 Å². The Morgan fingerprint density at radius 2 is 2.13 bits per heavy atom. The Kier molecular flexibility index (Phi) is 5.27. The van der Waals surface area contributed by atoms with Crippen LogP contribution in [0.25, 0.3) is 0 Å². The molecule has 2 aromatic rings. The summed E-state index contributed by atoms with van der Waals surface area (Å²) in [7, 11) is 0. The summed E-state index contributed by atoms with van der Waals surface area (Å²) >= 11 is 1.18. The quantitative estimate of drug-likeness (QED) is 0.775. The van der Waals surface area contributed by atoms with Crippen molar-refractivity contribution in [1.82, 2.24) is 15.5 Å². The molecule has 1 heterocycles. The van der Waals surface area contributed by atoms with E-state index in [9.17, 15) is 13.6 Å². The number of hydrogen-bond acceptors (Lipinski definition) is 6. The fourth-order valence-corrected chi connectivity index (χ4v) is 2.40. The summed E-state index contributed by atoms with van der Waals surface area (Å²) in [4.78, 5) is 12.0. The number of carbonyl (C=O) groups excluding carboxylic acids is 1. The van der Waals surface area contributed by atoms with Crippen LogP contribution in [0.5, 0.6) is 5.75 Å². The van der Waals surface area contributed by atoms with Gasteiger partial charge in [-0.05, 0) is 37.6 Å². The van der Waals surface area contributed by atoms with E-state index in [1.807, 2.05) is 0 Å². The number of aromatic nitrogens is 2. The van der Waals surface area contributed by atoms with Gasteiger partial charge in [0, 0.05) is 5.69 Å². The molecule has 7 nitrogen and oxygen atoms in total. The van der Waals surface area contributed by atoms with Crippen LogP contribution in [0.3, 0.4) is 0 Å². The summed E-state index contributed by atoms with van der Waals surface area (Å²) < 4.78 is 28.6. The van der Waals surface area contributed by atoms with E-state index in [0.717, 1.165) is 0 Å². The SMILES string of the molecule is Cc1cc(OC(F)F)ccc1NC(=O)N[C@H](C)c1nnc(N)s1. The molecular formula is C13H15F2N5O2S. The second-order valence-electron chi connectivity index (χ2n) is 4.65. The van der Waals surface area contributed by atoms with Gasteiger partial charge in [0.2, 0.25) is 5.13 Å². The first-order chi connectivity index (χ1) is 10.8. The Morgan fingerprint density at radius 1 is 1.39 bits per heavy atom. The molecule has 0 aliphatic carbocycles. The van der Waals surface area contributed by atoms with E-state index >= 15 is 0 Å². The summed E-state index contributed by atoms with van der Waals surface area (Å²) in [6.07, 6.45) is 0. The highest BCUT2D eigenvalue weighted by Crippen LogP contribution is 2.23. The number of carbonyl (C=O) groups is 1. The molecule has 1 aromatic heterocycles. The number of halogens is 2. The number of nitrogens with two attached hydrogens (primary N) is 1. The van der Waals surface area contributed by atoms with Crippen molar-refractivity contribution in [1.29, 1.82) is 0 Å². The molecule has 1 aromatic carbocycles. The molecule has 2 amide bonds. The fourth-order valence-electron chi connectivity index (χ4n) is 1.79. The summed E-state index contributed by atoms with van der Waals surface area (Å²) in [5.41, 5.74) is 6.56. The van der Waals surface area contributed by atoms with Crippen molar-refractivity contribution < 1.29 is 18.3 Å². The van der Waals surface area contributed by atoms with Crippen molar-refractivity contribution in [2.75, 3.05) is 11.1 Å². The number of hydrogen-bond donors (Lipinski definition) is 3. The smallest absolute Gasteiger partial charge is 0.387 e. The number of alkyl halides is 2. The van der Waals surface area contributed by atoms with Gasteiger partial charge in [0.05, 0.1) is 6.04 Å². The zero-order valence-electron chi connectivity index (χ0n) is 12.3. The lowest BCUT2D eigenvalue weighted by Crippen LogP contribution is -2.31. The zero-order chi connectivity index (χ0) is 17.0. The predicted octanol–water partition coefficient (Wildman–Crippen LogP) is 2.91. The van der Waals surface area contributed by atoms with Crippen molar-refractivity contribution in [3.63, 3.8) is 0 Å². The van der Waals surface area contributed by atoms with Gasteiger partial charge in [-0.15, -0.1) is 10.2 Å². The van der Waals surface area contributed by atoms with E-state index in [2.05, 4.69) is 25.6 Å². The number of nitrogens with one attached hydrogen (secondary N) is 2. The van der Waals surface area contributed by atoms with Crippen LogP contribution < -0.4 is 21.1 Å². The van der Waals surface area contributed by atoms with Gasteiger partial charge < -0.3 is 21.1 Å². The van der Waals surface area contributed by atoms with Gasteiger partial charge in [0.1, 0.15) is 10.8 Å². The molecule has 0 fully saturated rings. The first-order valence-electron chi connectivity index (χ1n) is 6.57. The molecule has 0 aliphatic rings. The average molecular weight is 343 g/mol. The monoisotopic (exact) mass is 343 g/mol. The number of aryl methyl sites for hydroxylation is 1. The van der Waals surface area contributed by atoms with Gasteiger partial charge in [0.25, 0.3) is 0 Å². The van der Waals surface area contributed by atoms with Crippen LogP contribution in [0, 0.1) is 6.92 Å². The highest BCUT2D eigenvalue weighted by atomic mass is 32.1. The first kappa shape index (κ1) is 16.9. The lowest BCUT2D eigenvalue weighted by Gasteiger charge is -2.14. The van der Waals surface area contributed by atoms with Crippen LogP contribution in [-0.4, -0.2) is 22.8 Å². The maximum atomic E-state index is 12.1. The number of anilines is 2. The third kappa shape index (κ3) is 4.74. The van der Waals surface area contributed by atoms with Gasteiger partial charge in [0.15, 0.2) is 0 Å². The largest absolute Gasteiger partial charge is 0.435 e. The van der Waals surface area contributed by atoms with Crippen LogP contribution in [0.2, 0.25) is 0 Å². The number of rotatable bonds is 5. The molecule has 0 radical (unpaired) electrons. The predicted molar refractivity (Wildman–Crippen MR) is 82.7 cm³/mol. The van der Waals surface area contributed by atoms with E-state index in [1.165, 1.54) is 29.5 Å². The topological polar surface area (TPSA) is 102 Å². The minimum absolute atomic E-state index is 0.0289. The molecule has 0 spiro atoms. The molecule has 124 valence electrons. The van der Waals surface area contributed by atoms with E-state index in [0.29, 0.717) is 21.4 Å². The lowest BCUT2D eigenvalue weighted by atomic mass is 10.2. The van der Waals surface area contributed by atoms with E-state index in [4.69, 9.17) is 5.73 Å². The third-order valence-corrected chi connectivity index (χ3v) is 3.78. The molecule has 0 aliphatic heterocycles. The van der Waals surface area contributed by atoms with Crippen LogP contribution in [0.4, 0.5) is 24.4 Å². The zero-order valence-corrected chi connectivity index (χ0v) is 13.2. The number of benzene rings is 1. The minimum Gasteiger partial charge on any atom is -0.435 e. The van der Waals surface area contributed by atoms with E-state index in [-0.39, 0.29) is 11.8 Å². The number of urea groups is 1. The van der Waals surface area contributed by atoms with Crippen LogP contribution in [0.1, 0.15) is 23.5 Å². The second-order valence-corrected chi connectivity index (χ2v) is 5.69. The highest BCUT2D eigenvalue weighted by Gasteiger charge is 2.15. The van der Waals surface area contributed by atoms with Crippen LogP contribution in [-0.2, 0) is 0 Å². The van der Waals surface area contributed by atoms with Crippen molar-refractivity contribution in [2.24, 2.45) is 0 Å². The number of amides is 2. The Balaban J connectivity index is 1.97. The fraction of sp³-hybridized carbons (Fsp3) is 0.308. The molecule has 23 heavy (non-hydrogen) atoms. The van der Waals surface area contributed by atoms with Gasteiger partial charge in [-0.1, -0.05) is 11.3 Å². The second kappa shape index (κ2) is 7.18. The number of nitrogen functional groups attached to an aromatic ring is 1. The van der Waals surface area contributed by atoms with Gasteiger partial charge >= 0.3 is 12.6 Å². The van der Waals surface area contributed by atoms with E-state index < -0.39 is 12.6 Å². The molecule has 2 rings (SSSR count). The molecular weight excluding hydrogens is 328 g/mol. The normalized spacial score (nSPS) is 12.0. The summed E-state index contributed by atoms with van der Waals surface area (Å²) in [5.74, 6) is 0.0289. The lowest BCUT2D eigenvalue weighted by molar-refractivity contribution is -0.0498. The van der Waals surface area contributed by atoms with Gasteiger partial charge in [-0.3, -0.25) is 0 Å². The van der Waals surface area contributed by atoms with E-state index in [1.54, 1.807) is 13.8 Å². The van der Waals surface area contributed by atoms with Crippen molar-refractivity contribution >= 4 is 28.2 Å². The molecule has 0 saturated heterocycles. The standard InChI is InChI=1S/C13H15F2N5O2S/c1-6-5-8(22-11(14)15)3-4-9(6)18-13(21)17-7(2)10-19-20-12(16)23-10/h3-5,7,11H,1-2H3,(H2,16,20)(H2,17,18,21)/t7-/m1/s1. The van der Waals surface area contributed by atoms with Crippen molar-refractivity contribution in [2.45, 2.75) is 26.5 Å². The first-order valence-corrected chi connectivity index (χ1v) is 7.38. The maximum Gasteiger partial charge on any atom is 0.387 e. The molecule has 4 N–H and O–H groups in total. The molecule has 0 unspecified atom stereocenters. The highest BCUT2D eigenvalue weighted by molar-refractivity contribution is 7.15. The molecule has 0 saturated carbocycles. The Bertz CT molecular complexity index is 695. The summed E-state index contributed by atoms with van der Waals surface area (Å²) in [5, 5.41) is 13.7. The minimum atomic E-state index is -2.89. The van der Waals surface area contributed by atoms with Crippen LogP contribution >= 0.6 is 11.3 Å². The van der Waals surface area contributed by atoms with Crippen LogP contribution in [0.15, 0.2) is 18.2 Å². The Hall–Kier alpha value is -2.49. The molecule has 10 heteroatoms. The molecule has 0 bridgehead atoms. The van der Waals surface area contributed by atoms with Crippen molar-refractivity contribution in [3.8, 4) is 5.75 Å². The number of ether oxygens (including phenoxy) is 1. The summed E-state index contributed by atoms with van der Waals surface area (Å²) in [6, 6.07) is 3.42. The maximum absolute atomic E-state index is 12.1. The number of nitrogens with zero attached hydrogens (tertiary/aromatic N) is 2. The molecule has 1 atom stereocenters. The summed E-state index contributed by atoms with van der Waals surface area (Å²) in [6.45, 7) is 0.520. The average Bonchev–Trinajstić information content (AvgIpc) is 2.88. The van der Waals surface area contributed by atoms with Crippen molar-refractivity contribution in [3.05, 3.63) is 28.8 Å². The van der Waals surface area contributed by atoms with Gasteiger partial charge in [-0.2, -0.15) is 8.78 Å². The Labute approximate surface area is 134 Å². The third-order valence-electron chi connectivity index (χ3n) is 2.85. The Morgan fingerprint density at radius 3 is 2.70 bits per heavy atom.